The normalized spacial score (nSPS) is 15.8. The number of hydrogen-bond acceptors (Lipinski definition) is 4. The predicted molar refractivity (Wildman–Crippen MR) is 106 cm³/mol. The summed E-state index contributed by atoms with van der Waals surface area (Å²) in [6.07, 6.45) is 1.49. The van der Waals surface area contributed by atoms with Crippen molar-refractivity contribution in [2.24, 2.45) is 16.8 Å². The molecule has 7 nitrogen and oxygen atoms in total. The Labute approximate surface area is 162 Å². The minimum Gasteiger partial charge on any atom is -0.469 e. The van der Waals surface area contributed by atoms with Crippen LogP contribution in [-0.4, -0.2) is 75.0 Å². The zero-order valence-electron chi connectivity index (χ0n) is 15.4. The molecule has 0 bridgehead atoms. The summed E-state index contributed by atoms with van der Waals surface area (Å²) in [6.45, 7) is 6.65. The van der Waals surface area contributed by atoms with Gasteiger partial charge in [0.25, 0.3) is 0 Å². The van der Waals surface area contributed by atoms with Crippen LogP contribution in [0.5, 0.6) is 0 Å². The molecule has 24 heavy (non-hydrogen) atoms. The highest BCUT2D eigenvalue weighted by Crippen LogP contribution is 2.18. The summed E-state index contributed by atoms with van der Waals surface area (Å²) in [7, 11) is 4.88. The van der Waals surface area contributed by atoms with Crippen LogP contribution in [-0.2, 0) is 14.3 Å². The van der Waals surface area contributed by atoms with Crippen LogP contribution < -0.4 is 5.32 Å². The third-order valence-corrected chi connectivity index (χ3v) is 3.86. The zero-order chi connectivity index (χ0) is 17.4. The standard InChI is InChI=1S/C16H30N4O3.HI/c1-12(2)10-17-16(18-11-14(21)19(3)4)20-8-6-13(7-9-20)15(22)23-5;/h12-13H,6-11H2,1-5H3,(H,17,18);1H. The number of rotatable bonds is 5. The van der Waals surface area contributed by atoms with Crippen molar-refractivity contribution in [3.8, 4) is 0 Å². The Hall–Kier alpha value is -1.06. The average Bonchev–Trinajstić information content (AvgIpc) is 2.53. The number of esters is 1. The highest BCUT2D eigenvalue weighted by molar-refractivity contribution is 14.0. The smallest absolute Gasteiger partial charge is 0.308 e. The van der Waals surface area contributed by atoms with E-state index in [4.69, 9.17) is 4.74 Å². The second-order valence-electron chi connectivity index (χ2n) is 6.49. The lowest BCUT2D eigenvalue weighted by molar-refractivity contribution is -0.146. The summed E-state index contributed by atoms with van der Waals surface area (Å²) in [4.78, 5) is 31.5. The quantitative estimate of drug-likeness (QED) is 0.292. The van der Waals surface area contributed by atoms with Crippen molar-refractivity contribution in [3.05, 3.63) is 0 Å². The first kappa shape index (κ1) is 22.9. The van der Waals surface area contributed by atoms with E-state index in [1.165, 1.54) is 12.0 Å². The third kappa shape index (κ3) is 7.67. The second kappa shape index (κ2) is 11.5. The van der Waals surface area contributed by atoms with E-state index in [9.17, 15) is 9.59 Å². The first-order valence-corrected chi connectivity index (χ1v) is 8.16. The maximum absolute atomic E-state index is 11.8. The number of ether oxygens (including phenoxy) is 1. The van der Waals surface area contributed by atoms with Crippen LogP contribution in [0.4, 0.5) is 0 Å². The van der Waals surface area contributed by atoms with Gasteiger partial charge >= 0.3 is 5.97 Å². The molecule has 140 valence electrons. The number of methoxy groups -OCH3 is 1. The van der Waals surface area contributed by atoms with E-state index in [0.29, 0.717) is 5.92 Å². The molecule has 0 atom stereocenters. The Kier molecular flexibility index (Phi) is 11.0. The summed E-state index contributed by atoms with van der Waals surface area (Å²) < 4.78 is 4.82. The van der Waals surface area contributed by atoms with Gasteiger partial charge in [0.15, 0.2) is 5.96 Å². The van der Waals surface area contributed by atoms with E-state index in [1.807, 2.05) is 0 Å². The molecule has 0 saturated carbocycles. The molecule has 8 heteroatoms. The minimum atomic E-state index is -0.138. The largest absolute Gasteiger partial charge is 0.469 e. The van der Waals surface area contributed by atoms with Crippen molar-refractivity contribution in [1.29, 1.82) is 0 Å². The Bertz CT molecular complexity index is 433. The minimum absolute atomic E-state index is 0. The van der Waals surface area contributed by atoms with Crippen LogP contribution in [0.2, 0.25) is 0 Å². The van der Waals surface area contributed by atoms with Gasteiger partial charge < -0.3 is 19.9 Å². The van der Waals surface area contributed by atoms with Gasteiger partial charge in [-0.3, -0.25) is 9.59 Å². The number of likely N-dealkylation sites (tertiary alicyclic amines) is 1. The van der Waals surface area contributed by atoms with Crippen LogP contribution in [0.25, 0.3) is 0 Å². The molecule has 0 aromatic rings. The molecule has 0 aromatic heterocycles. The molecule has 1 aliphatic heterocycles. The van der Waals surface area contributed by atoms with Gasteiger partial charge in [0.2, 0.25) is 5.91 Å². The Balaban J connectivity index is 0.00000529. The van der Waals surface area contributed by atoms with Gasteiger partial charge in [0.05, 0.1) is 13.0 Å². The second-order valence-corrected chi connectivity index (χ2v) is 6.49. The summed E-state index contributed by atoms with van der Waals surface area (Å²) in [5.41, 5.74) is 0. The molecular weight excluding hydrogens is 423 g/mol. The van der Waals surface area contributed by atoms with Crippen molar-refractivity contribution < 1.29 is 14.3 Å². The molecule has 1 saturated heterocycles. The van der Waals surface area contributed by atoms with E-state index in [1.54, 1.807) is 14.1 Å². The van der Waals surface area contributed by atoms with Crippen LogP contribution in [0, 0.1) is 11.8 Å². The van der Waals surface area contributed by atoms with Gasteiger partial charge in [-0.2, -0.15) is 0 Å². The number of nitrogens with one attached hydrogen (secondary N) is 1. The molecular formula is C16H31IN4O3. The van der Waals surface area contributed by atoms with Crippen LogP contribution in [0.3, 0.4) is 0 Å². The third-order valence-electron chi connectivity index (χ3n) is 3.86. The number of hydrogen-bond donors (Lipinski definition) is 1. The fraction of sp³-hybridized carbons (Fsp3) is 0.812. The highest BCUT2D eigenvalue weighted by atomic mass is 127. The number of guanidine groups is 1. The summed E-state index contributed by atoms with van der Waals surface area (Å²) in [6, 6.07) is 0. The predicted octanol–water partition coefficient (Wildman–Crippen LogP) is 1.18. The van der Waals surface area contributed by atoms with Crippen molar-refractivity contribution in [3.63, 3.8) is 0 Å². The SMILES string of the molecule is COC(=O)C1CCN(C(=NCC(=O)N(C)C)NCC(C)C)CC1.I. The molecule has 1 heterocycles. The van der Waals surface area contributed by atoms with Gasteiger partial charge in [-0.25, -0.2) is 4.99 Å². The number of aliphatic imine (C=N–C) groups is 1. The van der Waals surface area contributed by atoms with Crippen molar-refractivity contribution in [2.45, 2.75) is 26.7 Å². The van der Waals surface area contributed by atoms with Gasteiger partial charge in [0, 0.05) is 33.7 Å². The summed E-state index contributed by atoms with van der Waals surface area (Å²) in [5, 5.41) is 3.33. The van der Waals surface area contributed by atoms with Gasteiger partial charge in [-0.05, 0) is 18.8 Å². The number of halogens is 1. The lowest BCUT2D eigenvalue weighted by atomic mass is 9.97. The van der Waals surface area contributed by atoms with Crippen LogP contribution in [0.15, 0.2) is 4.99 Å². The van der Waals surface area contributed by atoms with E-state index in [-0.39, 0.29) is 48.3 Å². The molecule has 0 unspecified atom stereocenters. The Morgan fingerprint density at radius 3 is 2.33 bits per heavy atom. The van der Waals surface area contributed by atoms with Crippen LogP contribution >= 0.6 is 24.0 Å². The molecule has 1 aliphatic rings. The fourth-order valence-electron chi connectivity index (χ4n) is 2.34. The van der Waals surface area contributed by atoms with E-state index in [2.05, 4.69) is 29.1 Å². The molecule has 0 aliphatic carbocycles. The van der Waals surface area contributed by atoms with E-state index < -0.39 is 0 Å². The van der Waals surface area contributed by atoms with Crippen molar-refractivity contribution in [2.75, 3.05) is 47.4 Å². The topological polar surface area (TPSA) is 74.2 Å². The number of piperidine rings is 1. The summed E-state index contributed by atoms with van der Waals surface area (Å²) >= 11 is 0. The zero-order valence-corrected chi connectivity index (χ0v) is 17.7. The number of carbonyl (C=O) groups excluding carboxylic acids is 2. The molecule has 1 N–H and O–H groups in total. The first-order chi connectivity index (χ1) is 10.8. The van der Waals surface area contributed by atoms with Crippen LogP contribution in [0.1, 0.15) is 26.7 Å². The maximum atomic E-state index is 11.8. The molecule has 1 fully saturated rings. The summed E-state index contributed by atoms with van der Waals surface area (Å²) in [5.74, 6) is 1.03. The number of carbonyl (C=O) groups is 2. The number of amides is 1. The number of nitrogens with zero attached hydrogens (tertiary/aromatic N) is 3. The van der Waals surface area contributed by atoms with Gasteiger partial charge in [-0.15, -0.1) is 24.0 Å². The molecule has 0 radical (unpaired) electrons. The maximum Gasteiger partial charge on any atom is 0.308 e. The Morgan fingerprint density at radius 1 is 1.29 bits per heavy atom. The number of likely N-dealkylation sites (N-methyl/N-ethyl adjacent to an activating group) is 1. The van der Waals surface area contributed by atoms with Crippen molar-refractivity contribution >= 4 is 41.8 Å². The van der Waals surface area contributed by atoms with E-state index >= 15 is 0 Å². The monoisotopic (exact) mass is 454 g/mol. The molecule has 1 amide bonds. The molecule has 0 aromatic carbocycles. The van der Waals surface area contributed by atoms with Gasteiger partial charge in [-0.1, -0.05) is 13.8 Å². The lowest BCUT2D eigenvalue weighted by Crippen LogP contribution is -2.48. The lowest BCUT2D eigenvalue weighted by Gasteiger charge is -2.33. The fourth-order valence-corrected chi connectivity index (χ4v) is 2.34. The Morgan fingerprint density at radius 2 is 1.88 bits per heavy atom. The molecule has 1 rings (SSSR count). The molecule has 0 spiro atoms. The average molecular weight is 454 g/mol. The van der Waals surface area contributed by atoms with E-state index in [0.717, 1.165) is 38.4 Å². The van der Waals surface area contributed by atoms with Gasteiger partial charge in [0.1, 0.15) is 6.54 Å². The highest BCUT2D eigenvalue weighted by Gasteiger charge is 2.27. The first-order valence-electron chi connectivity index (χ1n) is 8.16. The van der Waals surface area contributed by atoms with Crippen molar-refractivity contribution in [1.82, 2.24) is 15.1 Å².